The van der Waals surface area contributed by atoms with Crippen molar-refractivity contribution in [3.63, 3.8) is 0 Å². The number of halogens is 1. The number of carbonyl (C=O) groups is 2. The fraction of sp³-hybridized carbons (Fsp3) is 0.467. The molecule has 1 aliphatic rings. The largest absolute Gasteiger partial charge is 0.479 e. The molecule has 4 nitrogen and oxygen atoms in total. The van der Waals surface area contributed by atoms with Crippen LogP contribution in [0.5, 0.6) is 0 Å². The SMILES string of the molecule is CC(=O)NC1(C(=O)O)CCCC1Cc1ccc(Cl)cc1. The average Bonchev–Trinajstić information content (AvgIpc) is 2.75. The van der Waals surface area contributed by atoms with Crippen LogP contribution < -0.4 is 5.32 Å². The van der Waals surface area contributed by atoms with Gasteiger partial charge in [-0.1, -0.05) is 30.2 Å². The van der Waals surface area contributed by atoms with Crippen LogP contribution in [0.15, 0.2) is 24.3 Å². The molecule has 1 aliphatic carbocycles. The minimum atomic E-state index is -1.13. The molecule has 108 valence electrons. The van der Waals surface area contributed by atoms with Crippen LogP contribution in [0.2, 0.25) is 5.02 Å². The molecule has 1 aromatic carbocycles. The maximum absolute atomic E-state index is 11.7. The van der Waals surface area contributed by atoms with E-state index in [1.165, 1.54) is 6.92 Å². The number of nitrogens with one attached hydrogen (secondary N) is 1. The summed E-state index contributed by atoms with van der Waals surface area (Å²) in [6.45, 7) is 1.36. The molecule has 2 unspecified atom stereocenters. The van der Waals surface area contributed by atoms with Crippen LogP contribution in [0.4, 0.5) is 0 Å². The van der Waals surface area contributed by atoms with E-state index in [-0.39, 0.29) is 11.8 Å². The quantitative estimate of drug-likeness (QED) is 0.897. The molecule has 0 aromatic heterocycles. The number of hydrogen-bond acceptors (Lipinski definition) is 2. The highest BCUT2D eigenvalue weighted by atomic mass is 35.5. The predicted molar refractivity (Wildman–Crippen MR) is 76.7 cm³/mol. The monoisotopic (exact) mass is 295 g/mol. The molecule has 0 aliphatic heterocycles. The lowest BCUT2D eigenvalue weighted by Gasteiger charge is -2.32. The molecule has 1 amide bonds. The summed E-state index contributed by atoms with van der Waals surface area (Å²) in [4.78, 5) is 23.0. The van der Waals surface area contributed by atoms with Gasteiger partial charge in [0, 0.05) is 11.9 Å². The molecule has 0 bridgehead atoms. The number of carboxylic acids is 1. The van der Waals surface area contributed by atoms with Crippen molar-refractivity contribution in [2.24, 2.45) is 5.92 Å². The molecule has 0 heterocycles. The van der Waals surface area contributed by atoms with Crippen molar-refractivity contribution in [2.45, 2.75) is 38.1 Å². The number of aliphatic carboxylic acids is 1. The molecule has 0 saturated heterocycles. The lowest BCUT2D eigenvalue weighted by molar-refractivity contribution is -0.149. The van der Waals surface area contributed by atoms with Crippen molar-refractivity contribution in [3.05, 3.63) is 34.9 Å². The zero-order valence-corrected chi connectivity index (χ0v) is 12.1. The predicted octanol–water partition coefficient (Wildman–Crippen LogP) is 2.64. The highest BCUT2D eigenvalue weighted by Gasteiger charge is 2.49. The van der Waals surface area contributed by atoms with Gasteiger partial charge in [-0.25, -0.2) is 4.79 Å². The van der Waals surface area contributed by atoms with Crippen molar-refractivity contribution in [3.8, 4) is 0 Å². The van der Waals surface area contributed by atoms with E-state index >= 15 is 0 Å². The third-order valence-electron chi connectivity index (χ3n) is 4.00. The smallest absolute Gasteiger partial charge is 0.329 e. The second-order valence-electron chi connectivity index (χ2n) is 5.38. The average molecular weight is 296 g/mol. The highest BCUT2D eigenvalue weighted by Crippen LogP contribution is 2.38. The molecule has 2 atom stereocenters. The Balaban J connectivity index is 2.22. The summed E-state index contributed by atoms with van der Waals surface area (Å²) in [5.41, 5.74) is -0.0943. The van der Waals surface area contributed by atoms with Crippen LogP contribution in [0, 0.1) is 5.92 Å². The van der Waals surface area contributed by atoms with E-state index in [9.17, 15) is 14.7 Å². The summed E-state index contributed by atoms with van der Waals surface area (Å²) in [5, 5.41) is 12.9. The van der Waals surface area contributed by atoms with E-state index in [0.717, 1.165) is 18.4 Å². The topological polar surface area (TPSA) is 66.4 Å². The van der Waals surface area contributed by atoms with E-state index in [1.807, 2.05) is 12.1 Å². The number of carboxylic acid groups (broad SMARTS) is 1. The van der Waals surface area contributed by atoms with Gasteiger partial charge in [0.05, 0.1) is 0 Å². The van der Waals surface area contributed by atoms with Gasteiger partial charge >= 0.3 is 5.97 Å². The van der Waals surface area contributed by atoms with Gasteiger partial charge in [-0.3, -0.25) is 4.79 Å². The second kappa shape index (κ2) is 5.83. The van der Waals surface area contributed by atoms with Crippen LogP contribution in [0.25, 0.3) is 0 Å². The Hall–Kier alpha value is -1.55. The van der Waals surface area contributed by atoms with Crippen molar-refractivity contribution < 1.29 is 14.7 Å². The molecule has 5 heteroatoms. The zero-order chi connectivity index (χ0) is 14.8. The number of rotatable bonds is 4. The third kappa shape index (κ3) is 2.96. The Morgan fingerprint density at radius 1 is 1.40 bits per heavy atom. The van der Waals surface area contributed by atoms with Crippen LogP contribution in [0.3, 0.4) is 0 Å². The highest BCUT2D eigenvalue weighted by molar-refractivity contribution is 6.30. The zero-order valence-electron chi connectivity index (χ0n) is 11.4. The van der Waals surface area contributed by atoms with Crippen LogP contribution in [-0.2, 0) is 16.0 Å². The molecule has 1 saturated carbocycles. The van der Waals surface area contributed by atoms with Gasteiger partial charge in [-0.05, 0) is 42.9 Å². The van der Waals surface area contributed by atoms with Gasteiger partial charge in [0.15, 0.2) is 0 Å². The fourth-order valence-corrected chi connectivity index (χ4v) is 3.20. The molecule has 2 rings (SSSR count). The summed E-state index contributed by atoms with van der Waals surface area (Å²) >= 11 is 5.85. The normalized spacial score (nSPS) is 25.4. The molecule has 2 N–H and O–H groups in total. The molecule has 1 aromatic rings. The van der Waals surface area contributed by atoms with Crippen LogP contribution in [0.1, 0.15) is 31.7 Å². The Kier molecular flexibility index (Phi) is 4.33. The standard InChI is InChI=1S/C15H18ClNO3/c1-10(18)17-15(14(19)20)8-2-3-12(15)9-11-4-6-13(16)7-5-11/h4-7,12H,2-3,8-9H2,1H3,(H,17,18)(H,19,20). The third-order valence-corrected chi connectivity index (χ3v) is 4.25. The summed E-state index contributed by atoms with van der Waals surface area (Å²) < 4.78 is 0. The Bertz CT molecular complexity index is 514. The molecular formula is C15H18ClNO3. The summed E-state index contributed by atoms with van der Waals surface area (Å²) in [6.07, 6.45) is 2.73. The van der Waals surface area contributed by atoms with E-state index in [4.69, 9.17) is 11.6 Å². The van der Waals surface area contributed by atoms with Crippen molar-refractivity contribution in [2.75, 3.05) is 0 Å². The Morgan fingerprint density at radius 3 is 2.60 bits per heavy atom. The van der Waals surface area contributed by atoms with E-state index < -0.39 is 11.5 Å². The van der Waals surface area contributed by atoms with Crippen molar-refractivity contribution in [1.82, 2.24) is 5.32 Å². The summed E-state index contributed by atoms with van der Waals surface area (Å²) in [5.74, 6) is -1.33. The van der Waals surface area contributed by atoms with Gasteiger partial charge in [0.2, 0.25) is 5.91 Å². The maximum atomic E-state index is 11.7. The summed E-state index contributed by atoms with van der Waals surface area (Å²) in [7, 11) is 0. The van der Waals surface area contributed by atoms with Gasteiger partial charge < -0.3 is 10.4 Å². The molecule has 1 fully saturated rings. The lowest BCUT2D eigenvalue weighted by atomic mass is 9.82. The van der Waals surface area contributed by atoms with Gasteiger partial charge in [-0.15, -0.1) is 0 Å². The Labute approximate surface area is 123 Å². The number of amides is 1. The first-order chi connectivity index (χ1) is 9.44. The minimum absolute atomic E-state index is 0.0925. The first-order valence-corrected chi connectivity index (χ1v) is 7.08. The molecule has 0 radical (unpaired) electrons. The van der Waals surface area contributed by atoms with E-state index in [2.05, 4.69) is 5.32 Å². The number of benzene rings is 1. The molecule has 20 heavy (non-hydrogen) atoms. The summed E-state index contributed by atoms with van der Waals surface area (Å²) in [6, 6.07) is 7.40. The fourth-order valence-electron chi connectivity index (χ4n) is 3.07. The lowest BCUT2D eigenvalue weighted by Crippen LogP contribution is -2.56. The van der Waals surface area contributed by atoms with Gasteiger partial charge in [0.25, 0.3) is 0 Å². The van der Waals surface area contributed by atoms with Crippen LogP contribution in [-0.4, -0.2) is 22.5 Å². The van der Waals surface area contributed by atoms with E-state index in [0.29, 0.717) is 17.9 Å². The molecule has 0 spiro atoms. The Morgan fingerprint density at radius 2 is 2.05 bits per heavy atom. The first kappa shape index (κ1) is 14.9. The van der Waals surface area contributed by atoms with Gasteiger partial charge in [0.1, 0.15) is 5.54 Å². The molecular weight excluding hydrogens is 278 g/mol. The van der Waals surface area contributed by atoms with Crippen molar-refractivity contribution in [1.29, 1.82) is 0 Å². The number of carbonyl (C=O) groups excluding carboxylic acids is 1. The number of hydrogen-bond donors (Lipinski definition) is 2. The minimum Gasteiger partial charge on any atom is -0.479 e. The van der Waals surface area contributed by atoms with E-state index in [1.54, 1.807) is 12.1 Å². The van der Waals surface area contributed by atoms with Crippen molar-refractivity contribution >= 4 is 23.5 Å². The van der Waals surface area contributed by atoms with Crippen LogP contribution >= 0.6 is 11.6 Å². The second-order valence-corrected chi connectivity index (χ2v) is 5.81. The maximum Gasteiger partial charge on any atom is 0.329 e. The first-order valence-electron chi connectivity index (χ1n) is 6.70. The van der Waals surface area contributed by atoms with Gasteiger partial charge in [-0.2, -0.15) is 0 Å².